The van der Waals surface area contributed by atoms with E-state index in [0.717, 1.165) is 24.3 Å². The summed E-state index contributed by atoms with van der Waals surface area (Å²) in [5.41, 5.74) is 2.03. The largest absolute Gasteiger partial charge is 0.497 e. The molecular weight excluding hydrogens is 272 g/mol. The van der Waals surface area contributed by atoms with Crippen LogP contribution in [0.4, 0.5) is 8.78 Å². The fraction of sp³-hybridized carbons (Fsp3) is 0.294. The Labute approximate surface area is 122 Å². The Hall–Kier alpha value is -1.94. The third kappa shape index (κ3) is 2.90. The van der Waals surface area contributed by atoms with Crippen molar-refractivity contribution in [2.45, 2.75) is 18.4 Å². The Morgan fingerprint density at radius 2 is 1.71 bits per heavy atom. The van der Waals surface area contributed by atoms with Crippen molar-refractivity contribution >= 4 is 0 Å². The number of rotatable bonds is 3. The van der Waals surface area contributed by atoms with Crippen LogP contribution in [-0.2, 0) is 0 Å². The molecule has 21 heavy (non-hydrogen) atoms. The van der Waals surface area contributed by atoms with Crippen LogP contribution in [0.25, 0.3) is 0 Å². The average molecular weight is 289 g/mol. The van der Waals surface area contributed by atoms with E-state index in [-0.39, 0.29) is 12.0 Å². The second-order valence-electron chi connectivity index (χ2n) is 5.34. The Morgan fingerprint density at radius 3 is 2.38 bits per heavy atom. The molecule has 0 spiro atoms. The van der Waals surface area contributed by atoms with Crippen molar-refractivity contribution in [1.82, 2.24) is 5.32 Å². The van der Waals surface area contributed by atoms with Crippen LogP contribution in [0.2, 0.25) is 0 Å². The fourth-order valence-electron chi connectivity index (χ4n) is 2.85. The van der Waals surface area contributed by atoms with E-state index in [1.165, 1.54) is 17.7 Å². The molecule has 4 heteroatoms. The predicted octanol–water partition coefficient (Wildman–Crippen LogP) is 3.79. The molecule has 1 aliphatic rings. The topological polar surface area (TPSA) is 21.3 Å². The van der Waals surface area contributed by atoms with Gasteiger partial charge in [-0.05, 0) is 47.7 Å². The minimum atomic E-state index is -0.795. The summed E-state index contributed by atoms with van der Waals surface area (Å²) in [4.78, 5) is 0. The molecule has 1 saturated heterocycles. The first kappa shape index (κ1) is 14.0. The zero-order valence-corrected chi connectivity index (χ0v) is 11.8. The summed E-state index contributed by atoms with van der Waals surface area (Å²) < 4.78 is 31.5. The molecule has 0 saturated carbocycles. The lowest BCUT2D eigenvalue weighted by Crippen LogP contribution is -2.13. The van der Waals surface area contributed by atoms with Crippen LogP contribution < -0.4 is 10.1 Å². The maximum atomic E-state index is 13.3. The van der Waals surface area contributed by atoms with Crippen LogP contribution in [0.5, 0.6) is 5.75 Å². The number of hydrogen-bond donors (Lipinski definition) is 1. The van der Waals surface area contributed by atoms with Gasteiger partial charge < -0.3 is 10.1 Å². The Bertz CT molecular complexity index is 627. The molecule has 2 unspecified atom stereocenters. The first-order valence-electron chi connectivity index (χ1n) is 6.99. The summed E-state index contributed by atoms with van der Waals surface area (Å²) in [7, 11) is 1.64. The number of halogens is 2. The van der Waals surface area contributed by atoms with E-state index >= 15 is 0 Å². The summed E-state index contributed by atoms with van der Waals surface area (Å²) in [6.07, 6.45) is 0.872. The van der Waals surface area contributed by atoms with Gasteiger partial charge in [-0.15, -0.1) is 0 Å². The molecule has 1 aliphatic heterocycles. The van der Waals surface area contributed by atoms with Gasteiger partial charge in [0.25, 0.3) is 0 Å². The minimum absolute atomic E-state index is 0.201. The second-order valence-corrected chi connectivity index (χ2v) is 5.34. The summed E-state index contributed by atoms with van der Waals surface area (Å²) in [6, 6.07) is 12.3. The lowest BCUT2D eigenvalue weighted by molar-refractivity contribution is 0.414. The number of benzene rings is 2. The number of hydrogen-bond acceptors (Lipinski definition) is 2. The third-order valence-corrected chi connectivity index (χ3v) is 4.06. The smallest absolute Gasteiger partial charge is 0.159 e. The lowest BCUT2D eigenvalue weighted by Gasteiger charge is -2.12. The van der Waals surface area contributed by atoms with Crippen molar-refractivity contribution in [3.05, 3.63) is 65.2 Å². The van der Waals surface area contributed by atoms with Crippen LogP contribution in [-0.4, -0.2) is 13.7 Å². The quantitative estimate of drug-likeness (QED) is 0.928. The molecule has 2 aromatic rings. The van der Waals surface area contributed by atoms with E-state index in [4.69, 9.17) is 4.74 Å². The molecular formula is C17H17F2NO. The van der Waals surface area contributed by atoms with Gasteiger partial charge in [0.05, 0.1) is 7.11 Å². The standard InChI is InChI=1S/C17H17F2NO/c1-21-14-5-2-11(3-6-14)17-9-13(10-20-17)12-4-7-15(18)16(19)8-12/h2-8,13,17,20H,9-10H2,1H3. The van der Waals surface area contributed by atoms with Crippen molar-refractivity contribution in [2.24, 2.45) is 0 Å². The van der Waals surface area contributed by atoms with Crippen molar-refractivity contribution < 1.29 is 13.5 Å². The van der Waals surface area contributed by atoms with Crippen LogP contribution >= 0.6 is 0 Å². The fourth-order valence-corrected chi connectivity index (χ4v) is 2.85. The van der Waals surface area contributed by atoms with Gasteiger partial charge in [0.1, 0.15) is 5.75 Å². The highest BCUT2D eigenvalue weighted by Crippen LogP contribution is 2.34. The highest BCUT2D eigenvalue weighted by Gasteiger charge is 2.26. The summed E-state index contributed by atoms with van der Waals surface area (Å²) in [5, 5.41) is 3.44. The van der Waals surface area contributed by atoms with Gasteiger partial charge in [0.2, 0.25) is 0 Å². The molecule has 0 amide bonds. The maximum Gasteiger partial charge on any atom is 0.159 e. The van der Waals surface area contributed by atoms with Crippen LogP contribution in [0.15, 0.2) is 42.5 Å². The molecule has 2 atom stereocenters. The molecule has 0 aliphatic carbocycles. The van der Waals surface area contributed by atoms with Gasteiger partial charge in [0.15, 0.2) is 11.6 Å². The molecule has 0 radical (unpaired) electrons. The van der Waals surface area contributed by atoms with E-state index in [2.05, 4.69) is 5.32 Å². The predicted molar refractivity (Wildman–Crippen MR) is 77.5 cm³/mol. The molecule has 3 rings (SSSR count). The number of methoxy groups -OCH3 is 1. The SMILES string of the molecule is COc1ccc(C2CC(c3ccc(F)c(F)c3)CN2)cc1. The third-order valence-electron chi connectivity index (χ3n) is 4.06. The molecule has 1 heterocycles. The average Bonchev–Trinajstić information content (AvgIpc) is 3.00. The molecule has 1 N–H and O–H groups in total. The second kappa shape index (κ2) is 5.82. The molecule has 2 nitrogen and oxygen atoms in total. The van der Waals surface area contributed by atoms with Crippen molar-refractivity contribution in [3.63, 3.8) is 0 Å². The van der Waals surface area contributed by atoms with Crippen LogP contribution in [0.3, 0.4) is 0 Å². The van der Waals surface area contributed by atoms with Crippen LogP contribution in [0.1, 0.15) is 29.5 Å². The first-order chi connectivity index (χ1) is 10.2. The molecule has 1 fully saturated rings. The zero-order valence-electron chi connectivity index (χ0n) is 11.8. The Kier molecular flexibility index (Phi) is 3.88. The highest BCUT2D eigenvalue weighted by molar-refractivity contribution is 5.31. The van der Waals surface area contributed by atoms with Crippen molar-refractivity contribution in [1.29, 1.82) is 0 Å². The van der Waals surface area contributed by atoms with Crippen LogP contribution in [0, 0.1) is 11.6 Å². The Morgan fingerprint density at radius 1 is 1.00 bits per heavy atom. The molecule has 110 valence electrons. The first-order valence-corrected chi connectivity index (χ1v) is 6.99. The number of nitrogens with one attached hydrogen (secondary N) is 1. The van der Waals surface area contributed by atoms with E-state index in [9.17, 15) is 8.78 Å². The molecule has 2 aromatic carbocycles. The van der Waals surface area contributed by atoms with Gasteiger partial charge in [-0.25, -0.2) is 8.78 Å². The van der Waals surface area contributed by atoms with E-state index < -0.39 is 11.6 Å². The Balaban J connectivity index is 1.73. The van der Waals surface area contributed by atoms with Gasteiger partial charge in [0, 0.05) is 12.6 Å². The summed E-state index contributed by atoms with van der Waals surface area (Å²) >= 11 is 0. The van der Waals surface area contributed by atoms with Crippen molar-refractivity contribution in [2.75, 3.05) is 13.7 Å². The monoisotopic (exact) mass is 289 g/mol. The molecule has 0 bridgehead atoms. The molecule has 0 aromatic heterocycles. The van der Waals surface area contributed by atoms with Gasteiger partial charge in [-0.2, -0.15) is 0 Å². The van der Waals surface area contributed by atoms with E-state index in [1.54, 1.807) is 13.2 Å². The summed E-state index contributed by atoms with van der Waals surface area (Å²) in [5.74, 6) is -0.544. The summed E-state index contributed by atoms with van der Waals surface area (Å²) in [6.45, 7) is 0.766. The maximum absolute atomic E-state index is 13.3. The highest BCUT2D eigenvalue weighted by atomic mass is 19.2. The van der Waals surface area contributed by atoms with Gasteiger partial charge in [-0.1, -0.05) is 18.2 Å². The van der Waals surface area contributed by atoms with Gasteiger partial charge in [-0.3, -0.25) is 0 Å². The van der Waals surface area contributed by atoms with Crippen molar-refractivity contribution in [3.8, 4) is 5.75 Å². The van der Waals surface area contributed by atoms with Gasteiger partial charge >= 0.3 is 0 Å². The minimum Gasteiger partial charge on any atom is -0.497 e. The lowest BCUT2D eigenvalue weighted by atomic mass is 9.94. The normalized spacial score (nSPS) is 21.5. The van der Waals surface area contributed by atoms with E-state index in [0.29, 0.717) is 0 Å². The van der Waals surface area contributed by atoms with E-state index in [1.807, 2.05) is 24.3 Å². The number of ether oxygens (including phenoxy) is 1. The zero-order chi connectivity index (χ0) is 14.8.